The summed E-state index contributed by atoms with van der Waals surface area (Å²) in [5, 5.41) is 14.2. The molecule has 3 N–H and O–H groups in total. The Morgan fingerprint density at radius 1 is 1.07 bits per heavy atom. The lowest BCUT2D eigenvalue weighted by Gasteiger charge is -2.16. The van der Waals surface area contributed by atoms with Gasteiger partial charge in [-0.15, -0.1) is 0 Å². The highest BCUT2D eigenvalue weighted by Gasteiger charge is 2.18. The molecule has 2 amide bonds. The minimum atomic E-state index is -1.07. The van der Waals surface area contributed by atoms with Crippen LogP contribution in [-0.2, 0) is 16.1 Å². The number of aliphatic carboxylic acids is 1. The molecule has 2 rings (SSSR count). The van der Waals surface area contributed by atoms with Crippen molar-refractivity contribution in [3.05, 3.63) is 64.7 Å². The summed E-state index contributed by atoms with van der Waals surface area (Å²) in [7, 11) is 0. The lowest BCUT2D eigenvalue weighted by molar-refractivity contribution is -0.139. The molecule has 0 saturated heterocycles. The maximum atomic E-state index is 12.5. The lowest BCUT2D eigenvalue weighted by atomic mass is 10.0. The van der Waals surface area contributed by atoms with Gasteiger partial charge in [-0.05, 0) is 49.6 Å². The second kappa shape index (κ2) is 9.55. The molecule has 0 aliphatic heterocycles. The number of carbonyl (C=O) groups excluding carboxylic acids is 2. The molecule has 2 aromatic rings. The van der Waals surface area contributed by atoms with Crippen molar-refractivity contribution < 1.29 is 24.2 Å². The van der Waals surface area contributed by atoms with E-state index in [4.69, 9.17) is 9.84 Å². The fourth-order valence-corrected chi connectivity index (χ4v) is 2.73. The van der Waals surface area contributed by atoms with Crippen molar-refractivity contribution in [3.63, 3.8) is 0 Å². The van der Waals surface area contributed by atoms with Gasteiger partial charge in [0.05, 0.1) is 0 Å². The van der Waals surface area contributed by atoms with Crippen LogP contribution in [0.3, 0.4) is 0 Å². The summed E-state index contributed by atoms with van der Waals surface area (Å²) in [6, 6.07) is 12.0. The average molecular weight is 384 g/mol. The van der Waals surface area contributed by atoms with Gasteiger partial charge in [0.25, 0.3) is 5.91 Å². The summed E-state index contributed by atoms with van der Waals surface area (Å²) in [5.74, 6) is -1.31. The van der Waals surface area contributed by atoms with Crippen LogP contribution in [0.25, 0.3) is 0 Å². The van der Waals surface area contributed by atoms with Gasteiger partial charge in [-0.25, -0.2) is 4.79 Å². The normalized spacial score (nSPS) is 11.4. The third kappa shape index (κ3) is 5.84. The number of carboxylic acid groups (broad SMARTS) is 1. The first-order chi connectivity index (χ1) is 13.3. The highest BCUT2D eigenvalue weighted by molar-refractivity contribution is 5.98. The van der Waals surface area contributed by atoms with Gasteiger partial charge in [-0.1, -0.05) is 30.3 Å². The van der Waals surface area contributed by atoms with E-state index in [2.05, 4.69) is 10.6 Å². The number of hydrogen-bond donors (Lipinski definition) is 3. The minimum absolute atomic E-state index is 0.285. The molecular weight excluding hydrogens is 360 g/mol. The summed E-state index contributed by atoms with van der Waals surface area (Å²) >= 11 is 0. The van der Waals surface area contributed by atoms with Crippen molar-refractivity contribution in [2.45, 2.75) is 33.4 Å². The molecule has 28 heavy (non-hydrogen) atoms. The third-order valence-corrected chi connectivity index (χ3v) is 4.11. The predicted molar refractivity (Wildman–Crippen MR) is 104 cm³/mol. The lowest BCUT2D eigenvalue weighted by Crippen LogP contribution is -2.44. The van der Waals surface area contributed by atoms with E-state index in [0.717, 1.165) is 5.56 Å². The standard InChI is InChI=1S/C21H24N2O5/c1-13-9-17(10-14(2)19(13)28-12-18(24)25)21(27)23-15(3)20(26)22-11-16-7-5-4-6-8-16/h4-10,15H,11-12H2,1-3H3,(H,22,26)(H,23,27)(H,24,25). The first kappa shape index (κ1) is 21.0. The molecule has 7 heteroatoms. The van der Waals surface area contributed by atoms with Crippen molar-refractivity contribution in [2.24, 2.45) is 0 Å². The summed E-state index contributed by atoms with van der Waals surface area (Å²) < 4.78 is 5.26. The van der Waals surface area contributed by atoms with E-state index < -0.39 is 24.5 Å². The van der Waals surface area contributed by atoms with Crippen LogP contribution >= 0.6 is 0 Å². The van der Waals surface area contributed by atoms with Crippen molar-refractivity contribution in [1.29, 1.82) is 0 Å². The average Bonchev–Trinajstić information content (AvgIpc) is 2.65. The molecule has 0 spiro atoms. The Kier molecular flexibility index (Phi) is 7.14. The fourth-order valence-electron chi connectivity index (χ4n) is 2.73. The monoisotopic (exact) mass is 384 g/mol. The molecule has 0 heterocycles. The highest BCUT2D eigenvalue weighted by Crippen LogP contribution is 2.25. The molecule has 2 aromatic carbocycles. The molecule has 0 aromatic heterocycles. The smallest absolute Gasteiger partial charge is 0.341 e. The van der Waals surface area contributed by atoms with E-state index in [9.17, 15) is 14.4 Å². The van der Waals surface area contributed by atoms with Crippen LogP contribution in [0.5, 0.6) is 5.75 Å². The van der Waals surface area contributed by atoms with Gasteiger partial charge in [0.1, 0.15) is 11.8 Å². The summed E-state index contributed by atoms with van der Waals surface area (Å²) in [5.41, 5.74) is 2.64. The minimum Gasteiger partial charge on any atom is -0.481 e. The number of hydrogen-bond acceptors (Lipinski definition) is 4. The van der Waals surface area contributed by atoms with Gasteiger partial charge in [-0.3, -0.25) is 9.59 Å². The maximum absolute atomic E-state index is 12.5. The third-order valence-electron chi connectivity index (χ3n) is 4.11. The highest BCUT2D eigenvalue weighted by atomic mass is 16.5. The number of benzene rings is 2. The molecule has 0 aliphatic rings. The van der Waals surface area contributed by atoms with Gasteiger partial charge in [0.15, 0.2) is 6.61 Å². The first-order valence-corrected chi connectivity index (χ1v) is 8.86. The Morgan fingerprint density at radius 2 is 1.68 bits per heavy atom. The predicted octanol–water partition coefficient (Wildman–Crippen LogP) is 2.20. The van der Waals surface area contributed by atoms with Crippen molar-refractivity contribution in [2.75, 3.05) is 6.61 Å². The van der Waals surface area contributed by atoms with Gasteiger partial charge < -0.3 is 20.5 Å². The molecule has 0 saturated carbocycles. The number of rotatable bonds is 8. The molecule has 0 fully saturated rings. The van der Waals surface area contributed by atoms with Crippen LogP contribution in [-0.4, -0.2) is 35.5 Å². The molecular formula is C21H24N2O5. The Labute approximate surface area is 163 Å². The number of ether oxygens (including phenoxy) is 1. The number of aryl methyl sites for hydroxylation is 2. The van der Waals surface area contributed by atoms with Crippen molar-refractivity contribution in [3.8, 4) is 5.75 Å². The molecule has 7 nitrogen and oxygen atoms in total. The second-order valence-corrected chi connectivity index (χ2v) is 6.52. The zero-order valence-electron chi connectivity index (χ0n) is 16.1. The Hall–Kier alpha value is -3.35. The topological polar surface area (TPSA) is 105 Å². The number of carboxylic acids is 1. The summed E-state index contributed by atoms with van der Waals surface area (Å²) in [4.78, 5) is 35.4. The van der Waals surface area contributed by atoms with Crippen molar-refractivity contribution >= 4 is 17.8 Å². The van der Waals surface area contributed by atoms with Gasteiger partial charge in [0.2, 0.25) is 5.91 Å². The fraction of sp³-hybridized carbons (Fsp3) is 0.286. The van der Waals surface area contributed by atoms with Crippen LogP contribution in [0.1, 0.15) is 34.0 Å². The quantitative estimate of drug-likeness (QED) is 0.647. The van der Waals surface area contributed by atoms with Crippen LogP contribution in [0.2, 0.25) is 0 Å². The molecule has 0 radical (unpaired) electrons. The van der Waals surface area contributed by atoms with E-state index in [1.165, 1.54) is 0 Å². The molecule has 1 atom stereocenters. The number of amides is 2. The van der Waals surface area contributed by atoms with Gasteiger partial charge >= 0.3 is 5.97 Å². The van der Waals surface area contributed by atoms with Crippen LogP contribution in [0, 0.1) is 13.8 Å². The molecule has 0 aliphatic carbocycles. The van der Waals surface area contributed by atoms with Crippen LogP contribution < -0.4 is 15.4 Å². The van der Waals surface area contributed by atoms with E-state index in [0.29, 0.717) is 29.0 Å². The van der Waals surface area contributed by atoms with Gasteiger partial charge in [-0.2, -0.15) is 0 Å². The summed E-state index contributed by atoms with van der Waals surface area (Å²) in [6.45, 7) is 5.01. The van der Waals surface area contributed by atoms with E-state index >= 15 is 0 Å². The van der Waals surface area contributed by atoms with E-state index in [-0.39, 0.29) is 5.91 Å². The SMILES string of the molecule is Cc1cc(C(=O)NC(C)C(=O)NCc2ccccc2)cc(C)c1OCC(=O)O. The Bertz CT molecular complexity index is 841. The first-order valence-electron chi connectivity index (χ1n) is 8.86. The molecule has 1 unspecified atom stereocenters. The zero-order valence-corrected chi connectivity index (χ0v) is 16.1. The Morgan fingerprint density at radius 3 is 2.25 bits per heavy atom. The number of nitrogens with one attached hydrogen (secondary N) is 2. The van der Waals surface area contributed by atoms with Crippen LogP contribution in [0.4, 0.5) is 0 Å². The summed E-state index contributed by atoms with van der Waals surface area (Å²) in [6.07, 6.45) is 0. The largest absolute Gasteiger partial charge is 0.481 e. The maximum Gasteiger partial charge on any atom is 0.341 e. The molecule has 0 bridgehead atoms. The van der Waals surface area contributed by atoms with E-state index in [1.807, 2.05) is 30.3 Å². The van der Waals surface area contributed by atoms with Gasteiger partial charge in [0, 0.05) is 12.1 Å². The number of carbonyl (C=O) groups is 3. The zero-order chi connectivity index (χ0) is 20.7. The molecule has 148 valence electrons. The second-order valence-electron chi connectivity index (χ2n) is 6.52. The Balaban J connectivity index is 1.97. The van der Waals surface area contributed by atoms with Crippen LogP contribution in [0.15, 0.2) is 42.5 Å². The van der Waals surface area contributed by atoms with E-state index in [1.54, 1.807) is 32.9 Å². The van der Waals surface area contributed by atoms with Crippen molar-refractivity contribution in [1.82, 2.24) is 10.6 Å².